The molecule has 0 saturated carbocycles. The first kappa shape index (κ1) is 28.4. The van der Waals surface area contributed by atoms with Gasteiger partial charge in [-0.05, 0) is 19.3 Å². The highest BCUT2D eigenvalue weighted by Crippen LogP contribution is 2.12. The maximum Gasteiger partial charge on any atom is 0.219 e. The second kappa shape index (κ2) is 25.5. The van der Waals surface area contributed by atoms with Crippen molar-refractivity contribution in [2.75, 3.05) is 13.2 Å². The topological polar surface area (TPSA) is 49.3 Å². The lowest BCUT2D eigenvalue weighted by molar-refractivity contribution is -0.121. The summed E-state index contributed by atoms with van der Waals surface area (Å²) in [6.07, 6.45) is 27.7. The predicted octanol–water partition coefficient (Wildman–Crippen LogP) is 7.70. The number of amides is 1. The highest BCUT2D eigenvalue weighted by atomic mass is 16.2. The van der Waals surface area contributed by atoms with E-state index >= 15 is 0 Å². The zero-order chi connectivity index (χ0) is 21.3. The van der Waals surface area contributed by atoms with Crippen LogP contribution < -0.4 is 5.32 Å². The minimum absolute atomic E-state index is 0.254. The number of hydrogen-bond acceptors (Lipinski definition) is 2. The standard InChI is InChI=1S/C26H53NO2/c1-2-3-4-5-6-7-12-15-18-21-24-27-26(29)23-20-17-14-11-9-8-10-13-16-19-22-25-28/h28H,2-25H2,1H3,(H,27,29). The van der Waals surface area contributed by atoms with Crippen LogP contribution in [-0.4, -0.2) is 24.2 Å². The molecule has 174 valence electrons. The van der Waals surface area contributed by atoms with Gasteiger partial charge in [-0.2, -0.15) is 0 Å². The first-order chi connectivity index (χ1) is 14.3. The Kier molecular flexibility index (Phi) is 25.0. The fourth-order valence-corrected chi connectivity index (χ4v) is 3.92. The van der Waals surface area contributed by atoms with Crippen molar-refractivity contribution in [3.05, 3.63) is 0 Å². The third-order valence-electron chi connectivity index (χ3n) is 5.91. The maximum atomic E-state index is 11.9. The molecule has 0 saturated heterocycles. The van der Waals surface area contributed by atoms with Crippen LogP contribution in [0.1, 0.15) is 148 Å². The van der Waals surface area contributed by atoms with Crippen molar-refractivity contribution in [1.29, 1.82) is 0 Å². The average Bonchev–Trinajstić information content (AvgIpc) is 2.72. The van der Waals surface area contributed by atoms with Gasteiger partial charge < -0.3 is 10.4 Å². The van der Waals surface area contributed by atoms with Crippen LogP contribution in [0.5, 0.6) is 0 Å². The molecular weight excluding hydrogens is 358 g/mol. The monoisotopic (exact) mass is 411 g/mol. The van der Waals surface area contributed by atoms with Crippen molar-refractivity contribution in [3.8, 4) is 0 Å². The smallest absolute Gasteiger partial charge is 0.219 e. The third-order valence-corrected chi connectivity index (χ3v) is 5.91. The van der Waals surface area contributed by atoms with Gasteiger partial charge >= 0.3 is 0 Å². The van der Waals surface area contributed by atoms with Gasteiger partial charge in [0.25, 0.3) is 0 Å². The number of unbranched alkanes of at least 4 members (excludes halogenated alkanes) is 19. The Hall–Kier alpha value is -0.570. The van der Waals surface area contributed by atoms with E-state index in [0.717, 1.165) is 25.8 Å². The molecule has 0 heterocycles. The van der Waals surface area contributed by atoms with E-state index < -0.39 is 0 Å². The number of carbonyl (C=O) groups excluding carboxylic acids is 1. The molecule has 1 amide bonds. The molecule has 0 aliphatic heterocycles. The van der Waals surface area contributed by atoms with E-state index in [1.165, 1.54) is 116 Å². The second-order valence-corrected chi connectivity index (χ2v) is 8.89. The minimum Gasteiger partial charge on any atom is -0.396 e. The molecule has 3 heteroatoms. The van der Waals surface area contributed by atoms with Crippen molar-refractivity contribution < 1.29 is 9.90 Å². The highest BCUT2D eigenvalue weighted by Gasteiger charge is 2.01. The Bertz CT molecular complexity index is 320. The van der Waals surface area contributed by atoms with E-state index in [0.29, 0.717) is 13.0 Å². The Morgan fingerprint density at radius 1 is 0.552 bits per heavy atom. The molecule has 0 rings (SSSR count). The number of hydrogen-bond donors (Lipinski definition) is 2. The molecule has 0 aromatic heterocycles. The molecule has 0 aliphatic carbocycles. The van der Waals surface area contributed by atoms with Crippen LogP contribution in [0.2, 0.25) is 0 Å². The van der Waals surface area contributed by atoms with Gasteiger partial charge in [-0.1, -0.05) is 122 Å². The summed E-state index contributed by atoms with van der Waals surface area (Å²) in [5, 5.41) is 11.8. The summed E-state index contributed by atoms with van der Waals surface area (Å²) in [6, 6.07) is 0. The molecule has 0 fully saturated rings. The molecule has 0 aliphatic rings. The van der Waals surface area contributed by atoms with Crippen molar-refractivity contribution in [3.63, 3.8) is 0 Å². The highest BCUT2D eigenvalue weighted by molar-refractivity contribution is 5.75. The van der Waals surface area contributed by atoms with Crippen LogP contribution in [0.4, 0.5) is 0 Å². The van der Waals surface area contributed by atoms with Gasteiger partial charge in [-0.15, -0.1) is 0 Å². The molecule has 3 nitrogen and oxygen atoms in total. The lowest BCUT2D eigenvalue weighted by Gasteiger charge is -2.06. The molecule has 0 unspecified atom stereocenters. The second-order valence-electron chi connectivity index (χ2n) is 8.89. The van der Waals surface area contributed by atoms with Crippen molar-refractivity contribution >= 4 is 5.91 Å². The number of aliphatic hydroxyl groups excluding tert-OH is 1. The number of carbonyl (C=O) groups is 1. The summed E-state index contributed by atoms with van der Waals surface area (Å²) in [6.45, 7) is 3.48. The Labute approximate surface area is 182 Å². The fourth-order valence-electron chi connectivity index (χ4n) is 3.92. The zero-order valence-corrected chi connectivity index (χ0v) is 19.8. The molecule has 0 spiro atoms. The molecular formula is C26H53NO2. The van der Waals surface area contributed by atoms with Crippen LogP contribution in [0.15, 0.2) is 0 Å². The van der Waals surface area contributed by atoms with Crippen LogP contribution in [0, 0.1) is 0 Å². The first-order valence-electron chi connectivity index (χ1n) is 13.2. The molecule has 2 N–H and O–H groups in total. The van der Waals surface area contributed by atoms with Gasteiger partial charge in [0, 0.05) is 19.6 Å². The molecule has 0 aromatic rings. The van der Waals surface area contributed by atoms with Crippen LogP contribution in [-0.2, 0) is 4.79 Å². The van der Waals surface area contributed by atoms with Gasteiger partial charge in [0.15, 0.2) is 0 Å². The van der Waals surface area contributed by atoms with Crippen molar-refractivity contribution in [2.24, 2.45) is 0 Å². The number of aliphatic hydroxyl groups is 1. The first-order valence-corrected chi connectivity index (χ1v) is 13.2. The van der Waals surface area contributed by atoms with Crippen LogP contribution in [0.3, 0.4) is 0 Å². The Balaban J connectivity index is 3.13. The van der Waals surface area contributed by atoms with Crippen LogP contribution >= 0.6 is 0 Å². The summed E-state index contributed by atoms with van der Waals surface area (Å²) in [4.78, 5) is 11.9. The summed E-state index contributed by atoms with van der Waals surface area (Å²) in [7, 11) is 0. The predicted molar refractivity (Wildman–Crippen MR) is 127 cm³/mol. The summed E-state index contributed by atoms with van der Waals surface area (Å²) in [5.41, 5.74) is 0. The molecule has 0 atom stereocenters. The zero-order valence-electron chi connectivity index (χ0n) is 19.8. The van der Waals surface area contributed by atoms with E-state index in [-0.39, 0.29) is 5.91 Å². The SMILES string of the molecule is CCCCCCCCCCCCNC(=O)CCCCCCCCCCCCCO. The summed E-state index contributed by atoms with van der Waals surface area (Å²) in [5.74, 6) is 0.254. The summed E-state index contributed by atoms with van der Waals surface area (Å²) < 4.78 is 0. The van der Waals surface area contributed by atoms with Crippen molar-refractivity contribution in [2.45, 2.75) is 148 Å². The van der Waals surface area contributed by atoms with E-state index in [2.05, 4.69) is 12.2 Å². The van der Waals surface area contributed by atoms with Gasteiger partial charge in [0.1, 0.15) is 0 Å². The molecule has 0 bridgehead atoms. The van der Waals surface area contributed by atoms with E-state index in [4.69, 9.17) is 5.11 Å². The van der Waals surface area contributed by atoms with Gasteiger partial charge in [0.05, 0.1) is 0 Å². The lowest BCUT2D eigenvalue weighted by Crippen LogP contribution is -2.23. The van der Waals surface area contributed by atoms with Gasteiger partial charge in [0.2, 0.25) is 5.91 Å². The quantitative estimate of drug-likeness (QED) is 0.160. The maximum absolute atomic E-state index is 11.9. The molecule has 0 aromatic carbocycles. The Morgan fingerprint density at radius 2 is 0.931 bits per heavy atom. The summed E-state index contributed by atoms with van der Waals surface area (Å²) >= 11 is 0. The largest absolute Gasteiger partial charge is 0.396 e. The van der Waals surface area contributed by atoms with E-state index in [1.54, 1.807) is 0 Å². The number of rotatable bonds is 24. The lowest BCUT2D eigenvalue weighted by atomic mass is 10.1. The van der Waals surface area contributed by atoms with E-state index in [1.807, 2.05) is 0 Å². The fraction of sp³-hybridized carbons (Fsp3) is 0.962. The molecule has 29 heavy (non-hydrogen) atoms. The van der Waals surface area contributed by atoms with Crippen LogP contribution in [0.25, 0.3) is 0 Å². The third kappa shape index (κ3) is 25.4. The van der Waals surface area contributed by atoms with Gasteiger partial charge in [-0.25, -0.2) is 0 Å². The molecule has 0 radical (unpaired) electrons. The Morgan fingerprint density at radius 3 is 1.38 bits per heavy atom. The van der Waals surface area contributed by atoms with E-state index in [9.17, 15) is 4.79 Å². The average molecular weight is 412 g/mol. The minimum atomic E-state index is 0.254. The van der Waals surface area contributed by atoms with Crippen molar-refractivity contribution in [1.82, 2.24) is 5.32 Å². The number of nitrogens with one attached hydrogen (secondary N) is 1. The van der Waals surface area contributed by atoms with Gasteiger partial charge in [-0.3, -0.25) is 4.79 Å². The normalized spacial score (nSPS) is 11.1.